The molecule has 0 bridgehead atoms. The Morgan fingerprint density at radius 2 is 1.83 bits per heavy atom. The number of anilines is 1. The van der Waals surface area contributed by atoms with Crippen molar-refractivity contribution >= 4 is 34.4 Å². The molecule has 0 radical (unpaired) electrons. The van der Waals surface area contributed by atoms with E-state index in [1.54, 1.807) is 30.8 Å². The minimum atomic E-state index is 0.670. The van der Waals surface area contributed by atoms with Gasteiger partial charge >= 0.3 is 0 Å². The molecule has 0 aliphatic rings. The fraction of sp³-hybridized carbons (Fsp3) is 0.208. The Morgan fingerprint density at radius 3 is 2.52 bits per heavy atom. The van der Waals surface area contributed by atoms with Gasteiger partial charge in [0.25, 0.3) is 0 Å². The smallest absolute Gasteiger partial charge is 0.143 e. The lowest BCUT2D eigenvalue weighted by atomic mass is 10.2. The number of allylic oxidation sites excluding steroid dienone is 5. The van der Waals surface area contributed by atoms with Crippen LogP contribution in [0.5, 0.6) is 5.75 Å². The highest BCUT2D eigenvalue weighted by Gasteiger charge is 2.15. The molecule has 152 valence electrons. The molecule has 29 heavy (non-hydrogen) atoms. The Hall–Kier alpha value is -2.37. The van der Waals surface area contributed by atoms with E-state index >= 15 is 0 Å². The van der Waals surface area contributed by atoms with Crippen LogP contribution in [0, 0.1) is 0 Å². The lowest BCUT2D eigenvalue weighted by Crippen LogP contribution is -2.21. The summed E-state index contributed by atoms with van der Waals surface area (Å²) in [6, 6.07) is 18.4. The number of ether oxygens (including phenoxy) is 1. The molecule has 3 nitrogen and oxygen atoms in total. The average molecular weight is 425 g/mol. The maximum Gasteiger partial charge on any atom is 0.143 e. The van der Waals surface area contributed by atoms with E-state index in [1.165, 1.54) is 10.5 Å². The molecule has 0 heterocycles. The molecule has 0 N–H and O–H groups in total. The highest BCUT2D eigenvalue weighted by atomic mass is 32.2. The summed E-state index contributed by atoms with van der Waals surface area (Å²) in [5.41, 5.74) is 2.23. The van der Waals surface area contributed by atoms with E-state index in [1.807, 2.05) is 56.4 Å². The van der Waals surface area contributed by atoms with E-state index < -0.39 is 0 Å². The summed E-state index contributed by atoms with van der Waals surface area (Å²) in [6.07, 6.45) is 8.29. The van der Waals surface area contributed by atoms with Gasteiger partial charge in [-0.05, 0) is 55.5 Å². The van der Waals surface area contributed by atoms with Crippen LogP contribution in [-0.2, 0) is 0 Å². The zero-order chi connectivity index (χ0) is 20.9. The van der Waals surface area contributed by atoms with Gasteiger partial charge in [-0.3, -0.25) is 4.99 Å². The fourth-order valence-corrected chi connectivity index (χ4v) is 4.22. The molecule has 0 aliphatic heterocycles. The molecule has 2 rings (SSSR count). The molecular weight excluding hydrogens is 396 g/mol. The summed E-state index contributed by atoms with van der Waals surface area (Å²) in [6.45, 7) is 4.78. The molecule has 0 aromatic heterocycles. The van der Waals surface area contributed by atoms with E-state index in [-0.39, 0.29) is 0 Å². The Labute approximate surface area is 183 Å². The van der Waals surface area contributed by atoms with Crippen LogP contribution < -0.4 is 9.04 Å². The highest BCUT2D eigenvalue weighted by molar-refractivity contribution is 8.14. The number of benzene rings is 2. The van der Waals surface area contributed by atoms with Crippen molar-refractivity contribution in [2.24, 2.45) is 4.99 Å². The van der Waals surface area contributed by atoms with Gasteiger partial charge in [-0.1, -0.05) is 72.0 Å². The summed E-state index contributed by atoms with van der Waals surface area (Å²) in [5, 5.41) is 3.11. The monoisotopic (exact) mass is 424 g/mol. The van der Waals surface area contributed by atoms with E-state index in [0.29, 0.717) is 6.54 Å². The van der Waals surface area contributed by atoms with Crippen LogP contribution in [0.2, 0.25) is 0 Å². The molecule has 0 aliphatic carbocycles. The van der Waals surface area contributed by atoms with Crippen molar-refractivity contribution in [3.05, 3.63) is 89.9 Å². The number of hydrogen-bond acceptors (Lipinski definition) is 5. The van der Waals surface area contributed by atoms with Crippen molar-refractivity contribution in [3.8, 4) is 5.75 Å². The molecule has 0 unspecified atom stereocenters. The van der Waals surface area contributed by atoms with Crippen molar-refractivity contribution in [1.82, 2.24) is 0 Å². The van der Waals surface area contributed by atoms with Crippen molar-refractivity contribution in [2.75, 3.05) is 25.0 Å². The van der Waals surface area contributed by atoms with Gasteiger partial charge in [-0.25, -0.2) is 0 Å². The van der Waals surface area contributed by atoms with Crippen LogP contribution in [0.15, 0.2) is 99.8 Å². The molecule has 0 saturated heterocycles. The Balaban J connectivity index is 2.21. The predicted molar refractivity (Wildman–Crippen MR) is 131 cm³/mol. The Morgan fingerprint density at radius 1 is 1.10 bits per heavy atom. The zero-order valence-corrected chi connectivity index (χ0v) is 19.0. The van der Waals surface area contributed by atoms with Crippen molar-refractivity contribution in [2.45, 2.75) is 18.7 Å². The van der Waals surface area contributed by atoms with Crippen LogP contribution in [-0.4, -0.2) is 25.7 Å². The molecule has 0 saturated carbocycles. The van der Waals surface area contributed by atoms with Gasteiger partial charge in [0.05, 0.1) is 24.4 Å². The van der Waals surface area contributed by atoms with Gasteiger partial charge in [0.2, 0.25) is 0 Å². The SMILES string of the molecule is C\C=C/C(C)=C\C=C\SN(CC(=NC)Sc1ccccc1)c1ccccc1OC. The number of methoxy groups -OCH3 is 1. The number of aliphatic imine (C=N–C) groups is 1. The van der Waals surface area contributed by atoms with Gasteiger partial charge in [0.1, 0.15) is 5.75 Å². The number of nitrogens with zero attached hydrogens (tertiary/aromatic N) is 2. The molecule has 0 spiro atoms. The van der Waals surface area contributed by atoms with E-state index in [4.69, 9.17) is 4.74 Å². The molecule has 0 atom stereocenters. The second-order valence-corrected chi connectivity index (χ2v) is 8.16. The number of hydrogen-bond donors (Lipinski definition) is 0. The lowest BCUT2D eigenvalue weighted by molar-refractivity contribution is 0.416. The van der Waals surface area contributed by atoms with Gasteiger partial charge in [-0.2, -0.15) is 0 Å². The number of para-hydroxylation sites is 2. The minimum Gasteiger partial charge on any atom is -0.495 e. The first-order valence-corrected chi connectivity index (χ1v) is 11.0. The summed E-state index contributed by atoms with van der Waals surface area (Å²) in [7, 11) is 3.55. The summed E-state index contributed by atoms with van der Waals surface area (Å²) in [4.78, 5) is 5.70. The van der Waals surface area contributed by atoms with Gasteiger partial charge in [0, 0.05) is 11.9 Å². The predicted octanol–water partition coefficient (Wildman–Crippen LogP) is 7.01. The Kier molecular flexibility index (Phi) is 10.2. The van der Waals surface area contributed by atoms with Crippen LogP contribution >= 0.6 is 23.7 Å². The van der Waals surface area contributed by atoms with Crippen LogP contribution in [0.25, 0.3) is 0 Å². The van der Waals surface area contributed by atoms with Crippen molar-refractivity contribution < 1.29 is 4.74 Å². The summed E-state index contributed by atoms with van der Waals surface area (Å²) < 4.78 is 7.79. The maximum absolute atomic E-state index is 5.59. The minimum absolute atomic E-state index is 0.670. The Bertz CT molecular complexity index is 873. The third-order valence-corrected chi connectivity index (χ3v) is 5.83. The van der Waals surface area contributed by atoms with Crippen LogP contribution in [0.1, 0.15) is 13.8 Å². The maximum atomic E-state index is 5.59. The van der Waals surface area contributed by atoms with Gasteiger partial charge in [-0.15, -0.1) is 0 Å². The van der Waals surface area contributed by atoms with E-state index in [0.717, 1.165) is 16.5 Å². The molecule has 0 fully saturated rings. The average Bonchev–Trinajstić information content (AvgIpc) is 2.76. The van der Waals surface area contributed by atoms with Gasteiger partial charge < -0.3 is 9.04 Å². The number of rotatable bonds is 9. The molecule has 2 aromatic carbocycles. The third-order valence-electron chi connectivity index (χ3n) is 3.92. The van der Waals surface area contributed by atoms with Crippen LogP contribution in [0.4, 0.5) is 5.69 Å². The van der Waals surface area contributed by atoms with Crippen molar-refractivity contribution in [3.63, 3.8) is 0 Å². The van der Waals surface area contributed by atoms with Crippen LogP contribution in [0.3, 0.4) is 0 Å². The lowest BCUT2D eigenvalue weighted by Gasteiger charge is -2.24. The standard InChI is InChI=1S/C24H28N2OS2/c1-5-12-20(2)13-11-18-28-26(22-16-9-10-17-23(22)27-4)19-24(25-3)29-21-14-7-6-8-15-21/h5-18H,19H2,1-4H3/b12-5-,18-11+,20-13-,25-24?. The highest BCUT2D eigenvalue weighted by Crippen LogP contribution is 2.34. The second kappa shape index (κ2) is 13.0. The second-order valence-electron chi connectivity index (χ2n) is 6.09. The van der Waals surface area contributed by atoms with E-state index in [2.05, 4.69) is 58.1 Å². The normalized spacial score (nSPS) is 12.7. The first-order chi connectivity index (χ1) is 14.2. The fourth-order valence-electron chi connectivity index (χ4n) is 2.53. The summed E-state index contributed by atoms with van der Waals surface area (Å²) in [5.74, 6) is 0.842. The quantitative estimate of drug-likeness (QED) is 0.142. The first kappa shape index (κ1) is 22.9. The molecule has 0 amide bonds. The third kappa shape index (κ3) is 7.87. The topological polar surface area (TPSA) is 24.8 Å². The van der Waals surface area contributed by atoms with E-state index in [9.17, 15) is 0 Å². The molecular formula is C24H28N2OS2. The molecule has 5 heteroatoms. The molecule has 2 aromatic rings. The van der Waals surface area contributed by atoms with Crippen molar-refractivity contribution in [1.29, 1.82) is 0 Å². The van der Waals surface area contributed by atoms with Gasteiger partial charge in [0.15, 0.2) is 0 Å². The first-order valence-electron chi connectivity index (χ1n) is 9.40. The largest absolute Gasteiger partial charge is 0.495 e. The summed E-state index contributed by atoms with van der Waals surface area (Å²) >= 11 is 3.31. The number of thioether (sulfide) groups is 1. The zero-order valence-electron chi connectivity index (χ0n) is 17.4.